The number of rotatable bonds is 4. The van der Waals surface area contributed by atoms with E-state index in [4.69, 9.17) is 0 Å². The lowest BCUT2D eigenvalue weighted by Crippen LogP contribution is -2.43. The molecule has 8 heteroatoms. The van der Waals surface area contributed by atoms with Gasteiger partial charge in [-0.15, -0.1) is 5.10 Å². The number of carbonyl (C=O) groups excluding carboxylic acids is 1. The summed E-state index contributed by atoms with van der Waals surface area (Å²) in [6, 6.07) is 3.94. The third kappa shape index (κ3) is 2.84. The number of aromatic nitrogens is 4. The maximum atomic E-state index is 12.1. The Kier molecular flexibility index (Phi) is 3.53. The van der Waals surface area contributed by atoms with Gasteiger partial charge in [0, 0.05) is 27.2 Å². The highest BCUT2D eigenvalue weighted by molar-refractivity contribution is 6.02. The van der Waals surface area contributed by atoms with Crippen molar-refractivity contribution < 1.29 is 4.79 Å². The molecule has 3 rings (SSSR count). The van der Waals surface area contributed by atoms with Gasteiger partial charge in [0.05, 0.1) is 24.1 Å². The zero-order valence-corrected chi connectivity index (χ0v) is 11.9. The molecule has 1 fully saturated rings. The van der Waals surface area contributed by atoms with Gasteiger partial charge in [0.1, 0.15) is 5.82 Å². The molecule has 110 valence electrons. The third-order valence-corrected chi connectivity index (χ3v) is 3.34. The van der Waals surface area contributed by atoms with Crippen LogP contribution in [0.4, 0.5) is 11.5 Å². The minimum Gasteiger partial charge on any atom is -0.363 e. The number of amides is 1. The molecule has 21 heavy (non-hydrogen) atoms. The monoisotopic (exact) mass is 287 g/mol. The van der Waals surface area contributed by atoms with Gasteiger partial charge in [0.2, 0.25) is 0 Å². The minimum atomic E-state index is -0.284. The van der Waals surface area contributed by atoms with Crippen molar-refractivity contribution in [1.29, 1.82) is 0 Å². The van der Waals surface area contributed by atoms with Crippen LogP contribution in [-0.2, 0) is 0 Å². The summed E-state index contributed by atoms with van der Waals surface area (Å²) in [5.41, 5.74) is 0.934. The summed E-state index contributed by atoms with van der Waals surface area (Å²) in [6.45, 7) is 1.72. The standard InChI is InChI=1S/C13H17N7O/c1-19(2)12-4-3-9(5-15-12)16-13(21)11-8-20(18-17-11)10-6-14-7-10/h3-5,8,10,14H,6-7H2,1-2H3,(H,16,21). The van der Waals surface area contributed by atoms with E-state index in [1.54, 1.807) is 23.1 Å². The Morgan fingerprint density at radius 2 is 2.24 bits per heavy atom. The van der Waals surface area contributed by atoms with Crippen molar-refractivity contribution in [2.75, 3.05) is 37.4 Å². The van der Waals surface area contributed by atoms with E-state index < -0.39 is 0 Å². The van der Waals surface area contributed by atoms with Crippen LogP contribution in [0.25, 0.3) is 0 Å². The molecule has 2 aromatic heterocycles. The summed E-state index contributed by atoms with van der Waals surface area (Å²) >= 11 is 0. The van der Waals surface area contributed by atoms with E-state index in [0.717, 1.165) is 18.9 Å². The lowest BCUT2D eigenvalue weighted by Gasteiger charge is -2.26. The first-order valence-electron chi connectivity index (χ1n) is 6.71. The fourth-order valence-electron chi connectivity index (χ4n) is 1.94. The van der Waals surface area contributed by atoms with E-state index in [1.807, 2.05) is 25.1 Å². The Morgan fingerprint density at radius 3 is 2.81 bits per heavy atom. The predicted octanol–water partition coefficient (Wildman–Crippen LogP) is 0.136. The number of nitrogens with one attached hydrogen (secondary N) is 2. The number of anilines is 2. The van der Waals surface area contributed by atoms with E-state index in [0.29, 0.717) is 17.4 Å². The third-order valence-electron chi connectivity index (χ3n) is 3.34. The van der Waals surface area contributed by atoms with Gasteiger partial charge in [-0.1, -0.05) is 5.21 Å². The average Bonchev–Trinajstić information content (AvgIpc) is 2.86. The number of carbonyl (C=O) groups is 1. The van der Waals surface area contributed by atoms with Gasteiger partial charge >= 0.3 is 0 Å². The molecule has 0 aromatic carbocycles. The first kappa shape index (κ1) is 13.5. The Morgan fingerprint density at radius 1 is 1.43 bits per heavy atom. The lowest BCUT2D eigenvalue weighted by molar-refractivity contribution is 0.102. The highest BCUT2D eigenvalue weighted by Gasteiger charge is 2.21. The normalized spacial score (nSPS) is 14.6. The van der Waals surface area contributed by atoms with Crippen LogP contribution in [0.5, 0.6) is 0 Å². The van der Waals surface area contributed by atoms with Crippen LogP contribution < -0.4 is 15.5 Å². The van der Waals surface area contributed by atoms with Crippen molar-refractivity contribution in [1.82, 2.24) is 25.3 Å². The van der Waals surface area contributed by atoms with Crippen LogP contribution >= 0.6 is 0 Å². The van der Waals surface area contributed by atoms with Gasteiger partial charge in [-0.3, -0.25) is 4.79 Å². The fourth-order valence-corrected chi connectivity index (χ4v) is 1.94. The van der Waals surface area contributed by atoms with Gasteiger partial charge in [0.25, 0.3) is 5.91 Å². The summed E-state index contributed by atoms with van der Waals surface area (Å²) in [6.07, 6.45) is 3.29. The molecule has 0 atom stereocenters. The van der Waals surface area contributed by atoms with E-state index in [1.165, 1.54) is 0 Å². The molecule has 2 aromatic rings. The van der Waals surface area contributed by atoms with Crippen molar-refractivity contribution in [2.24, 2.45) is 0 Å². The summed E-state index contributed by atoms with van der Waals surface area (Å²) in [7, 11) is 3.82. The van der Waals surface area contributed by atoms with Gasteiger partial charge in [-0.25, -0.2) is 9.67 Å². The summed E-state index contributed by atoms with van der Waals surface area (Å²) in [5.74, 6) is 0.546. The maximum Gasteiger partial charge on any atom is 0.277 e. The quantitative estimate of drug-likeness (QED) is 0.831. The van der Waals surface area contributed by atoms with Crippen molar-refractivity contribution in [3.8, 4) is 0 Å². The van der Waals surface area contributed by atoms with Crippen LogP contribution in [0.15, 0.2) is 24.5 Å². The Labute approximate surface area is 122 Å². The van der Waals surface area contributed by atoms with Gasteiger partial charge in [-0.05, 0) is 12.1 Å². The van der Waals surface area contributed by atoms with E-state index in [9.17, 15) is 4.79 Å². The lowest BCUT2D eigenvalue weighted by atomic mass is 10.2. The van der Waals surface area contributed by atoms with Gasteiger partial charge < -0.3 is 15.5 Å². The van der Waals surface area contributed by atoms with Crippen LogP contribution in [0.3, 0.4) is 0 Å². The van der Waals surface area contributed by atoms with Crippen LogP contribution in [0.1, 0.15) is 16.5 Å². The second-order valence-corrected chi connectivity index (χ2v) is 5.15. The molecule has 1 amide bonds. The molecule has 0 aliphatic carbocycles. The Bertz CT molecular complexity index is 630. The molecule has 0 unspecified atom stereocenters. The maximum absolute atomic E-state index is 12.1. The number of hydrogen-bond donors (Lipinski definition) is 2. The first-order valence-corrected chi connectivity index (χ1v) is 6.71. The smallest absolute Gasteiger partial charge is 0.277 e. The Hall–Kier alpha value is -2.48. The minimum absolute atomic E-state index is 0.284. The summed E-state index contributed by atoms with van der Waals surface area (Å²) < 4.78 is 1.72. The van der Waals surface area contributed by atoms with Crippen LogP contribution in [0, 0.1) is 0 Å². The molecule has 3 heterocycles. The van der Waals surface area contributed by atoms with Crippen molar-refractivity contribution in [2.45, 2.75) is 6.04 Å². The van der Waals surface area contributed by atoms with Crippen molar-refractivity contribution in [3.63, 3.8) is 0 Å². The predicted molar refractivity (Wildman–Crippen MR) is 78.4 cm³/mol. The SMILES string of the molecule is CN(C)c1ccc(NC(=O)c2cn(C3CNC3)nn2)cn1. The fraction of sp³-hybridized carbons (Fsp3) is 0.385. The second kappa shape index (κ2) is 5.49. The molecular weight excluding hydrogens is 270 g/mol. The van der Waals surface area contributed by atoms with Crippen LogP contribution in [-0.4, -0.2) is 53.1 Å². The molecule has 1 aliphatic heterocycles. The van der Waals surface area contributed by atoms with E-state index in [2.05, 4.69) is 25.9 Å². The summed E-state index contributed by atoms with van der Waals surface area (Å²) in [4.78, 5) is 18.2. The average molecular weight is 287 g/mol. The number of pyridine rings is 1. The Balaban J connectivity index is 1.66. The molecule has 0 bridgehead atoms. The molecule has 1 aliphatic rings. The largest absolute Gasteiger partial charge is 0.363 e. The summed E-state index contributed by atoms with van der Waals surface area (Å²) in [5, 5.41) is 13.8. The molecule has 0 saturated carbocycles. The zero-order chi connectivity index (χ0) is 14.8. The first-order chi connectivity index (χ1) is 10.1. The molecule has 8 nitrogen and oxygen atoms in total. The van der Waals surface area contributed by atoms with Crippen molar-refractivity contribution >= 4 is 17.4 Å². The topological polar surface area (TPSA) is 88.0 Å². The van der Waals surface area contributed by atoms with Crippen molar-refractivity contribution in [3.05, 3.63) is 30.2 Å². The highest BCUT2D eigenvalue weighted by atomic mass is 16.2. The highest BCUT2D eigenvalue weighted by Crippen LogP contribution is 2.13. The molecule has 2 N–H and O–H groups in total. The molecule has 1 saturated heterocycles. The van der Waals surface area contributed by atoms with E-state index in [-0.39, 0.29) is 5.91 Å². The molecular formula is C13H17N7O. The van der Waals surface area contributed by atoms with Crippen LogP contribution in [0.2, 0.25) is 0 Å². The van der Waals surface area contributed by atoms with Gasteiger partial charge in [0.15, 0.2) is 5.69 Å². The molecule has 0 spiro atoms. The number of hydrogen-bond acceptors (Lipinski definition) is 6. The molecule has 0 radical (unpaired) electrons. The second-order valence-electron chi connectivity index (χ2n) is 5.15. The number of nitrogens with zero attached hydrogens (tertiary/aromatic N) is 5. The van der Waals surface area contributed by atoms with Gasteiger partial charge in [-0.2, -0.15) is 0 Å². The van der Waals surface area contributed by atoms with E-state index >= 15 is 0 Å². The zero-order valence-electron chi connectivity index (χ0n) is 11.9.